The Morgan fingerprint density at radius 2 is 1.92 bits per heavy atom. The molecule has 25 heavy (non-hydrogen) atoms. The van der Waals surface area contributed by atoms with Crippen LogP contribution in [0.1, 0.15) is 18.2 Å². The van der Waals surface area contributed by atoms with E-state index in [2.05, 4.69) is 5.32 Å². The van der Waals surface area contributed by atoms with Gasteiger partial charge in [0.15, 0.2) is 5.75 Å². The number of esters is 1. The zero-order valence-corrected chi connectivity index (χ0v) is 13.4. The van der Waals surface area contributed by atoms with Gasteiger partial charge in [-0.2, -0.15) is 0 Å². The molecule has 0 aliphatic heterocycles. The molecule has 0 radical (unpaired) electrons. The molecule has 0 saturated heterocycles. The van der Waals surface area contributed by atoms with Gasteiger partial charge in [-0.1, -0.05) is 30.3 Å². The Balaban J connectivity index is 1.76. The minimum Gasteiger partial charge on any atom is -0.502 e. The topological polar surface area (TPSA) is 115 Å². The molecule has 132 valence electrons. The molecule has 2 N–H and O–H groups in total. The van der Waals surface area contributed by atoms with Crippen LogP contribution in [-0.2, 0) is 27.5 Å². The fraction of sp³-hybridized carbons (Fsp3) is 0.235. The molecule has 0 spiro atoms. The second-order valence-corrected chi connectivity index (χ2v) is 5.13. The van der Waals surface area contributed by atoms with E-state index >= 15 is 0 Å². The van der Waals surface area contributed by atoms with Gasteiger partial charge in [-0.25, -0.2) is 9.59 Å². The lowest BCUT2D eigenvalue weighted by Crippen LogP contribution is -2.39. The number of alkyl carbamates (subject to hydrolysis) is 1. The molecule has 1 amide bonds. The van der Waals surface area contributed by atoms with Gasteiger partial charge in [0.25, 0.3) is 0 Å². The van der Waals surface area contributed by atoms with Gasteiger partial charge in [0.2, 0.25) is 5.43 Å². The molecule has 1 heterocycles. The van der Waals surface area contributed by atoms with Gasteiger partial charge in [0.1, 0.15) is 31.3 Å². The van der Waals surface area contributed by atoms with Crippen LogP contribution in [0.3, 0.4) is 0 Å². The largest absolute Gasteiger partial charge is 0.502 e. The van der Waals surface area contributed by atoms with Crippen molar-refractivity contribution < 1.29 is 28.6 Å². The van der Waals surface area contributed by atoms with E-state index in [1.807, 2.05) is 18.2 Å². The second-order valence-electron chi connectivity index (χ2n) is 5.13. The molecule has 1 aromatic heterocycles. The van der Waals surface area contributed by atoms with E-state index in [-0.39, 0.29) is 19.0 Å². The summed E-state index contributed by atoms with van der Waals surface area (Å²) in [5.41, 5.74) is 0.170. The normalized spacial score (nSPS) is 11.4. The highest BCUT2D eigenvalue weighted by molar-refractivity contribution is 5.80. The number of nitrogens with one attached hydrogen (secondary N) is 1. The summed E-state index contributed by atoms with van der Waals surface area (Å²) in [4.78, 5) is 34.7. The Bertz CT molecular complexity index is 785. The van der Waals surface area contributed by atoms with Crippen LogP contribution in [0.25, 0.3) is 0 Å². The molecular weight excluding hydrogens is 330 g/mol. The van der Waals surface area contributed by atoms with Gasteiger partial charge in [-0.05, 0) is 12.5 Å². The summed E-state index contributed by atoms with van der Waals surface area (Å²) >= 11 is 0. The summed E-state index contributed by atoms with van der Waals surface area (Å²) in [6.45, 7) is 1.20. The van der Waals surface area contributed by atoms with Crippen molar-refractivity contribution >= 4 is 12.1 Å². The Labute approximate surface area is 143 Å². The van der Waals surface area contributed by atoms with Crippen molar-refractivity contribution in [3.63, 3.8) is 0 Å². The predicted molar refractivity (Wildman–Crippen MR) is 85.7 cm³/mol. The summed E-state index contributed by atoms with van der Waals surface area (Å²) in [7, 11) is 0. The van der Waals surface area contributed by atoms with E-state index in [0.717, 1.165) is 17.9 Å². The van der Waals surface area contributed by atoms with E-state index < -0.39 is 29.3 Å². The van der Waals surface area contributed by atoms with Crippen molar-refractivity contribution in [3.05, 3.63) is 64.2 Å². The van der Waals surface area contributed by atoms with Crippen molar-refractivity contribution in [3.8, 4) is 5.75 Å². The minimum absolute atomic E-state index is 0.0648. The third kappa shape index (κ3) is 5.69. The highest BCUT2D eigenvalue weighted by Crippen LogP contribution is 2.06. The smallest absolute Gasteiger partial charge is 0.408 e. The highest BCUT2D eigenvalue weighted by atomic mass is 16.6. The van der Waals surface area contributed by atoms with Crippen molar-refractivity contribution in [2.45, 2.75) is 26.2 Å². The first-order chi connectivity index (χ1) is 12.0. The maximum Gasteiger partial charge on any atom is 0.408 e. The van der Waals surface area contributed by atoms with Crippen LogP contribution in [0.4, 0.5) is 4.79 Å². The summed E-state index contributed by atoms with van der Waals surface area (Å²) in [5.74, 6) is -1.20. The van der Waals surface area contributed by atoms with Crippen LogP contribution < -0.4 is 10.7 Å². The number of ether oxygens (including phenoxy) is 2. The maximum absolute atomic E-state index is 11.8. The molecule has 0 saturated carbocycles. The summed E-state index contributed by atoms with van der Waals surface area (Å²) < 4.78 is 14.8. The molecule has 2 aromatic rings. The molecular formula is C17H17NO7. The first-order valence-electron chi connectivity index (χ1n) is 7.40. The van der Waals surface area contributed by atoms with E-state index in [1.54, 1.807) is 12.1 Å². The summed E-state index contributed by atoms with van der Waals surface area (Å²) in [5, 5.41) is 11.4. The maximum atomic E-state index is 11.8. The lowest BCUT2D eigenvalue weighted by molar-refractivity contribution is -0.147. The van der Waals surface area contributed by atoms with E-state index in [1.165, 1.54) is 6.92 Å². The van der Waals surface area contributed by atoms with Gasteiger partial charge in [0.05, 0.1) is 0 Å². The molecule has 0 unspecified atom stereocenters. The molecule has 0 aliphatic carbocycles. The highest BCUT2D eigenvalue weighted by Gasteiger charge is 2.18. The average molecular weight is 347 g/mol. The number of carbonyl (C=O) groups excluding carboxylic acids is 2. The lowest BCUT2D eigenvalue weighted by Gasteiger charge is -2.13. The molecule has 0 aliphatic rings. The number of benzene rings is 1. The zero-order valence-electron chi connectivity index (χ0n) is 13.4. The van der Waals surface area contributed by atoms with Crippen molar-refractivity contribution in [2.24, 2.45) is 0 Å². The first kappa shape index (κ1) is 18.1. The number of hydrogen-bond acceptors (Lipinski definition) is 7. The molecule has 0 bridgehead atoms. The Morgan fingerprint density at radius 3 is 2.60 bits per heavy atom. The van der Waals surface area contributed by atoms with Crippen molar-refractivity contribution in [2.75, 3.05) is 0 Å². The zero-order chi connectivity index (χ0) is 18.2. The van der Waals surface area contributed by atoms with Crippen LogP contribution in [0.2, 0.25) is 0 Å². The van der Waals surface area contributed by atoms with Crippen LogP contribution >= 0.6 is 0 Å². The minimum atomic E-state index is -0.952. The van der Waals surface area contributed by atoms with Crippen LogP contribution in [0.5, 0.6) is 5.75 Å². The number of rotatable bonds is 6. The Kier molecular flexibility index (Phi) is 6.16. The van der Waals surface area contributed by atoms with Crippen molar-refractivity contribution in [1.29, 1.82) is 0 Å². The van der Waals surface area contributed by atoms with Gasteiger partial charge in [-0.3, -0.25) is 4.79 Å². The predicted octanol–water partition coefficient (Wildman–Crippen LogP) is 1.70. The van der Waals surface area contributed by atoms with Gasteiger partial charge in [0, 0.05) is 6.07 Å². The molecule has 8 heteroatoms. The monoisotopic (exact) mass is 347 g/mol. The van der Waals surface area contributed by atoms with E-state index in [0.29, 0.717) is 0 Å². The van der Waals surface area contributed by atoms with Crippen LogP contribution in [0.15, 0.2) is 51.9 Å². The molecule has 0 fully saturated rings. The summed E-state index contributed by atoms with van der Waals surface area (Å²) in [6.07, 6.45) is 0.0955. The first-order valence-corrected chi connectivity index (χ1v) is 7.40. The fourth-order valence-electron chi connectivity index (χ4n) is 1.79. The third-order valence-electron chi connectivity index (χ3n) is 3.12. The second kappa shape index (κ2) is 8.53. The Morgan fingerprint density at radius 1 is 1.20 bits per heavy atom. The van der Waals surface area contributed by atoms with Crippen LogP contribution in [-0.4, -0.2) is 23.2 Å². The number of amides is 1. The quantitative estimate of drug-likeness (QED) is 0.764. The SMILES string of the molecule is C[C@H](NC(=O)OCc1ccccc1)C(=O)OCc1cc(=O)c(O)co1. The standard InChI is InChI=1S/C17H17NO7/c1-11(18-17(22)25-8-12-5-3-2-4-6-12)16(21)24-9-13-7-14(19)15(20)10-23-13/h2-7,10-11,20H,8-9H2,1H3,(H,18,22)/t11-/m0/s1. The number of aromatic hydroxyl groups is 1. The lowest BCUT2D eigenvalue weighted by atomic mass is 10.2. The molecule has 8 nitrogen and oxygen atoms in total. The third-order valence-corrected chi connectivity index (χ3v) is 3.12. The molecule has 1 atom stereocenters. The van der Waals surface area contributed by atoms with Crippen molar-refractivity contribution in [1.82, 2.24) is 5.32 Å². The van der Waals surface area contributed by atoms with Gasteiger partial charge in [-0.15, -0.1) is 0 Å². The summed E-state index contributed by atoms with van der Waals surface area (Å²) in [6, 6.07) is 9.14. The average Bonchev–Trinajstić information content (AvgIpc) is 2.61. The number of hydrogen-bond donors (Lipinski definition) is 2. The van der Waals surface area contributed by atoms with E-state index in [4.69, 9.17) is 19.0 Å². The number of carbonyl (C=O) groups is 2. The van der Waals surface area contributed by atoms with Crippen LogP contribution in [0, 0.1) is 0 Å². The van der Waals surface area contributed by atoms with Gasteiger partial charge < -0.3 is 24.3 Å². The Hall–Kier alpha value is -3.29. The van der Waals surface area contributed by atoms with E-state index in [9.17, 15) is 14.4 Å². The molecule has 1 aromatic carbocycles. The van der Waals surface area contributed by atoms with Gasteiger partial charge >= 0.3 is 12.1 Å². The molecule has 2 rings (SSSR count). The fourth-order valence-corrected chi connectivity index (χ4v) is 1.79.